The maximum atomic E-state index is 12.9. The molecule has 1 aliphatic heterocycles. The lowest BCUT2D eigenvalue weighted by Gasteiger charge is -2.23. The van der Waals surface area contributed by atoms with Crippen molar-refractivity contribution < 1.29 is 56.0 Å². The fraction of sp³-hybridized carbons (Fsp3) is 0.417. The fourth-order valence-electron chi connectivity index (χ4n) is 3.52. The molecule has 0 aliphatic carbocycles. The van der Waals surface area contributed by atoms with E-state index in [9.17, 15) is 32.3 Å². The molecule has 0 bridgehead atoms. The number of hydrogen-bond donors (Lipinski definition) is 0. The molecule has 208 valence electrons. The average molecular weight is 553 g/mol. The molecule has 0 amide bonds. The molecule has 15 heteroatoms. The van der Waals surface area contributed by atoms with Crippen LogP contribution in [0, 0.1) is 11.8 Å². The van der Waals surface area contributed by atoms with Gasteiger partial charge in [-0.1, -0.05) is 5.92 Å². The second kappa shape index (κ2) is 11.9. The molecule has 1 aromatic heterocycles. The van der Waals surface area contributed by atoms with E-state index < -0.39 is 72.6 Å². The number of ether oxygens (including phenoxy) is 5. The molecule has 0 radical (unpaired) electrons. The molecule has 4 atom stereocenters. The first-order valence-electron chi connectivity index (χ1n) is 11.2. The Labute approximate surface area is 219 Å². The third kappa shape index (κ3) is 7.32. The molecule has 3 rings (SSSR count). The van der Waals surface area contributed by atoms with Gasteiger partial charge in [0.05, 0.1) is 12.7 Å². The number of rotatable bonds is 6. The van der Waals surface area contributed by atoms with Crippen molar-refractivity contribution in [2.75, 3.05) is 13.7 Å². The first-order valence-corrected chi connectivity index (χ1v) is 11.2. The van der Waals surface area contributed by atoms with Gasteiger partial charge >= 0.3 is 30.1 Å². The maximum absolute atomic E-state index is 12.9. The van der Waals surface area contributed by atoms with Crippen molar-refractivity contribution in [3.05, 3.63) is 47.0 Å². The van der Waals surface area contributed by atoms with Crippen molar-refractivity contribution >= 4 is 23.9 Å². The Morgan fingerprint density at radius 2 is 1.59 bits per heavy atom. The van der Waals surface area contributed by atoms with Crippen LogP contribution in [0.25, 0.3) is 0 Å². The normalized spacial score (nSPS) is 20.4. The Kier molecular flexibility index (Phi) is 8.92. The van der Waals surface area contributed by atoms with Crippen molar-refractivity contribution in [2.45, 2.75) is 51.5 Å². The number of hydrogen-bond acceptors (Lipinski definition) is 11. The molecule has 39 heavy (non-hydrogen) atoms. The summed E-state index contributed by atoms with van der Waals surface area (Å²) >= 11 is 0. The van der Waals surface area contributed by atoms with Crippen LogP contribution in [-0.4, -0.2) is 70.7 Å². The standard InChI is InChI=1S/C24H22F3N3O9/c1-12(31)36-11-17-19(37-13(2)32)20(38-14(3)33)22(39-17)30-18(28-21(29-30)23(34)35-4)10-7-15-5-8-16(9-6-15)24(25,26)27/h5-6,8-9,17,19-20,22H,11H2,1-4H3/t17-,19?,20+,22-/m1/s1. The molecular formula is C24H22F3N3O9. The lowest BCUT2D eigenvalue weighted by molar-refractivity contribution is -0.166. The number of nitrogens with zero attached hydrogens (tertiary/aromatic N) is 3. The number of aromatic nitrogens is 3. The number of benzene rings is 1. The molecule has 2 heterocycles. The Balaban J connectivity index is 2.06. The van der Waals surface area contributed by atoms with Crippen LogP contribution >= 0.6 is 0 Å². The number of alkyl halides is 3. The molecule has 12 nitrogen and oxygen atoms in total. The van der Waals surface area contributed by atoms with Gasteiger partial charge in [0.25, 0.3) is 5.82 Å². The Morgan fingerprint density at radius 3 is 2.13 bits per heavy atom. The van der Waals surface area contributed by atoms with Crippen molar-refractivity contribution in [3.63, 3.8) is 0 Å². The fourth-order valence-corrected chi connectivity index (χ4v) is 3.52. The van der Waals surface area contributed by atoms with Gasteiger partial charge < -0.3 is 23.7 Å². The summed E-state index contributed by atoms with van der Waals surface area (Å²) < 4.78 is 65.7. The van der Waals surface area contributed by atoms with Crippen LogP contribution in [-0.2, 0) is 44.2 Å². The highest BCUT2D eigenvalue weighted by molar-refractivity contribution is 5.85. The van der Waals surface area contributed by atoms with Crippen molar-refractivity contribution in [1.82, 2.24) is 14.8 Å². The highest BCUT2D eigenvalue weighted by Gasteiger charge is 2.51. The molecule has 0 spiro atoms. The van der Waals surface area contributed by atoms with Gasteiger partial charge in [-0.25, -0.2) is 9.48 Å². The molecule has 0 N–H and O–H groups in total. The summed E-state index contributed by atoms with van der Waals surface area (Å²) in [5.41, 5.74) is -0.699. The summed E-state index contributed by atoms with van der Waals surface area (Å²) in [5, 5.41) is 4.04. The molecular weight excluding hydrogens is 531 g/mol. The van der Waals surface area contributed by atoms with Crippen LogP contribution in [0.15, 0.2) is 24.3 Å². The minimum Gasteiger partial charge on any atom is -0.463 e. The maximum Gasteiger partial charge on any atom is 0.416 e. The van der Waals surface area contributed by atoms with Crippen molar-refractivity contribution in [1.29, 1.82) is 0 Å². The first-order chi connectivity index (χ1) is 18.3. The Hall–Kier alpha value is -4.45. The van der Waals surface area contributed by atoms with E-state index >= 15 is 0 Å². The molecule has 1 aliphatic rings. The largest absolute Gasteiger partial charge is 0.463 e. The summed E-state index contributed by atoms with van der Waals surface area (Å²) in [6.07, 6.45) is -9.67. The predicted molar refractivity (Wildman–Crippen MR) is 120 cm³/mol. The van der Waals surface area contributed by atoms with E-state index in [0.29, 0.717) is 0 Å². The molecule has 1 unspecified atom stereocenters. The Bertz CT molecular complexity index is 1310. The van der Waals surface area contributed by atoms with E-state index in [2.05, 4.69) is 26.7 Å². The molecule has 0 saturated carbocycles. The minimum atomic E-state index is -4.53. The van der Waals surface area contributed by atoms with Crippen LogP contribution in [0.4, 0.5) is 13.2 Å². The quantitative estimate of drug-likeness (QED) is 0.293. The van der Waals surface area contributed by atoms with Gasteiger partial charge in [-0.2, -0.15) is 18.2 Å². The van der Waals surface area contributed by atoms with Gasteiger partial charge in [-0.05, 0) is 30.2 Å². The number of carbonyl (C=O) groups excluding carboxylic acids is 4. The first kappa shape index (κ1) is 29.1. The van der Waals surface area contributed by atoms with E-state index in [1.165, 1.54) is 0 Å². The number of esters is 4. The molecule has 2 aromatic rings. The average Bonchev–Trinajstić information content (AvgIpc) is 3.41. The van der Waals surface area contributed by atoms with Crippen LogP contribution in [0.5, 0.6) is 0 Å². The zero-order valence-corrected chi connectivity index (χ0v) is 21.0. The zero-order chi connectivity index (χ0) is 28.9. The number of carbonyl (C=O) groups is 4. The molecule has 1 saturated heterocycles. The number of methoxy groups -OCH3 is 1. The zero-order valence-electron chi connectivity index (χ0n) is 21.0. The van der Waals surface area contributed by atoms with E-state index in [1.807, 2.05) is 0 Å². The van der Waals surface area contributed by atoms with E-state index in [0.717, 1.165) is 56.8 Å². The molecule has 1 fully saturated rings. The topological polar surface area (TPSA) is 145 Å². The molecule has 1 aromatic carbocycles. The third-order valence-corrected chi connectivity index (χ3v) is 5.11. The van der Waals surface area contributed by atoms with Crippen LogP contribution in [0.2, 0.25) is 0 Å². The van der Waals surface area contributed by atoms with E-state index in [1.54, 1.807) is 0 Å². The summed E-state index contributed by atoms with van der Waals surface area (Å²) in [4.78, 5) is 51.2. The summed E-state index contributed by atoms with van der Waals surface area (Å²) in [5.74, 6) is 1.35. The van der Waals surface area contributed by atoms with Crippen LogP contribution in [0.3, 0.4) is 0 Å². The minimum absolute atomic E-state index is 0.173. The number of halogens is 3. The van der Waals surface area contributed by atoms with Gasteiger partial charge in [-0.3, -0.25) is 14.4 Å². The SMILES string of the molecule is COC(=O)c1nc(C#Cc2ccc(C(F)(F)F)cc2)n([C@@H]2O[C@H](COC(C)=O)C(OC(C)=O)[C@@H]2OC(C)=O)n1. The summed E-state index contributed by atoms with van der Waals surface area (Å²) in [7, 11) is 1.08. The van der Waals surface area contributed by atoms with Gasteiger partial charge in [-0.15, -0.1) is 5.10 Å². The smallest absolute Gasteiger partial charge is 0.416 e. The predicted octanol–water partition coefficient (Wildman–Crippen LogP) is 1.81. The highest BCUT2D eigenvalue weighted by atomic mass is 19.4. The van der Waals surface area contributed by atoms with Crippen molar-refractivity contribution in [2.24, 2.45) is 0 Å². The summed E-state index contributed by atoms with van der Waals surface area (Å²) in [6.45, 7) is 2.94. The van der Waals surface area contributed by atoms with Gasteiger partial charge in [0.2, 0.25) is 5.82 Å². The lowest BCUT2D eigenvalue weighted by Crippen LogP contribution is -2.40. The monoisotopic (exact) mass is 553 g/mol. The van der Waals surface area contributed by atoms with Gasteiger partial charge in [0.15, 0.2) is 18.4 Å². The van der Waals surface area contributed by atoms with E-state index in [4.69, 9.17) is 18.9 Å². The highest BCUT2D eigenvalue weighted by Crippen LogP contribution is 2.35. The summed E-state index contributed by atoms with van der Waals surface area (Å²) in [6, 6.07) is 3.96. The second-order valence-electron chi connectivity index (χ2n) is 8.04. The van der Waals surface area contributed by atoms with E-state index in [-0.39, 0.29) is 11.4 Å². The van der Waals surface area contributed by atoms with Crippen LogP contribution in [0.1, 0.15) is 54.6 Å². The second-order valence-corrected chi connectivity index (χ2v) is 8.04. The lowest BCUT2D eigenvalue weighted by atomic mass is 10.1. The van der Waals surface area contributed by atoms with Gasteiger partial charge in [0.1, 0.15) is 12.7 Å². The van der Waals surface area contributed by atoms with Crippen LogP contribution < -0.4 is 0 Å². The van der Waals surface area contributed by atoms with Crippen molar-refractivity contribution in [3.8, 4) is 11.8 Å². The van der Waals surface area contributed by atoms with Gasteiger partial charge in [0, 0.05) is 26.3 Å². The Morgan fingerprint density at radius 1 is 0.974 bits per heavy atom. The third-order valence-electron chi connectivity index (χ3n) is 5.11.